The van der Waals surface area contributed by atoms with E-state index in [1.807, 2.05) is 0 Å². The van der Waals surface area contributed by atoms with Crippen molar-refractivity contribution in [3.63, 3.8) is 0 Å². The SMILES string of the molecule is CC1CCN(CCNS(=O)(=O)c2ccccc2-c2nc(-c3ccc(F)cc3)no2)CC1. The van der Waals surface area contributed by atoms with Gasteiger partial charge in [-0.2, -0.15) is 4.98 Å². The molecule has 1 aliphatic heterocycles. The summed E-state index contributed by atoms with van der Waals surface area (Å²) >= 11 is 0. The third kappa shape index (κ3) is 5.17. The van der Waals surface area contributed by atoms with Crippen LogP contribution in [0.3, 0.4) is 0 Å². The number of aromatic nitrogens is 2. The second-order valence-electron chi connectivity index (χ2n) is 7.85. The average molecular weight is 445 g/mol. The van der Waals surface area contributed by atoms with E-state index in [1.165, 1.54) is 30.3 Å². The van der Waals surface area contributed by atoms with Gasteiger partial charge in [0.15, 0.2) is 0 Å². The molecule has 0 saturated carbocycles. The predicted molar refractivity (Wildman–Crippen MR) is 115 cm³/mol. The van der Waals surface area contributed by atoms with Gasteiger partial charge in [-0.1, -0.05) is 24.2 Å². The first-order valence-corrected chi connectivity index (χ1v) is 11.8. The fourth-order valence-electron chi connectivity index (χ4n) is 3.63. The van der Waals surface area contributed by atoms with Crippen molar-refractivity contribution in [3.8, 4) is 22.8 Å². The van der Waals surface area contributed by atoms with Gasteiger partial charge in [-0.15, -0.1) is 0 Å². The number of hydrogen-bond donors (Lipinski definition) is 1. The molecule has 2 heterocycles. The highest BCUT2D eigenvalue weighted by Gasteiger charge is 2.23. The second-order valence-corrected chi connectivity index (χ2v) is 9.58. The summed E-state index contributed by atoms with van der Waals surface area (Å²) in [6.45, 7) is 5.23. The van der Waals surface area contributed by atoms with Crippen LogP contribution in [0.2, 0.25) is 0 Å². The summed E-state index contributed by atoms with van der Waals surface area (Å²) in [4.78, 5) is 6.67. The average Bonchev–Trinajstić information content (AvgIpc) is 3.26. The van der Waals surface area contributed by atoms with Gasteiger partial charge in [0.1, 0.15) is 5.82 Å². The van der Waals surface area contributed by atoms with Gasteiger partial charge in [0.25, 0.3) is 5.89 Å². The lowest BCUT2D eigenvalue weighted by molar-refractivity contribution is 0.195. The maximum Gasteiger partial charge on any atom is 0.259 e. The Morgan fingerprint density at radius 3 is 2.58 bits per heavy atom. The molecule has 1 N–H and O–H groups in total. The number of likely N-dealkylation sites (tertiary alicyclic amines) is 1. The summed E-state index contributed by atoms with van der Waals surface area (Å²) in [6.07, 6.45) is 2.28. The highest BCUT2D eigenvalue weighted by Crippen LogP contribution is 2.28. The van der Waals surface area contributed by atoms with Crippen molar-refractivity contribution in [1.82, 2.24) is 19.8 Å². The second kappa shape index (κ2) is 9.25. The minimum absolute atomic E-state index is 0.0802. The Balaban J connectivity index is 1.49. The first-order valence-electron chi connectivity index (χ1n) is 10.3. The zero-order valence-corrected chi connectivity index (χ0v) is 18.1. The molecule has 2 aromatic carbocycles. The van der Waals surface area contributed by atoms with Crippen molar-refractivity contribution >= 4 is 10.0 Å². The van der Waals surface area contributed by atoms with E-state index in [-0.39, 0.29) is 22.4 Å². The van der Waals surface area contributed by atoms with E-state index in [9.17, 15) is 12.8 Å². The zero-order chi connectivity index (χ0) is 21.8. The van der Waals surface area contributed by atoms with Crippen molar-refractivity contribution in [2.45, 2.75) is 24.7 Å². The van der Waals surface area contributed by atoms with Crippen LogP contribution < -0.4 is 4.72 Å². The van der Waals surface area contributed by atoms with Crippen molar-refractivity contribution in [2.75, 3.05) is 26.2 Å². The molecule has 7 nitrogen and oxygen atoms in total. The maximum absolute atomic E-state index is 13.2. The Morgan fingerprint density at radius 1 is 1.13 bits per heavy atom. The van der Waals surface area contributed by atoms with Crippen LogP contribution in [-0.4, -0.2) is 49.6 Å². The molecule has 0 amide bonds. The molecule has 0 bridgehead atoms. The van der Waals surface area contributed by atoms with Gasteiger partial charge in [0, 0.05) is 18.7 Å². The van der Waals surface area contributed by atoms with Gasteiger partial charge in [0.2, 0.25) is 15.8 Å². The molecule has 3 aromatic rings. The van der Waals surface area contributed by atoms with E-state index in [1.54, 1.807) is 18.2 Å². The van der Waals surface area contributed by atoms with Crippen LogP contribution in [0.25, 0.3) is 22.8 Å². The maximum atomic E-state index is 13.2. The highest BCUT2D eigenvalue weighted by atomic mass is 32.2. The van der Waals surface area contributed by atoms with Crippen LogP contribution in [-0.2, 0) is 10.0 Å². The molecule has 1 saturated heterocycles. The lowest BCUT2D eigenvalue weighted by atomic mass is 9.99. The monoisotopic (exact) mass is 444 g/mol. The van der Waals surface area contributed by atoms with Gasteiger partial charge in [-0.3, -0.25) is 0 Å². The number of rotatable bonds is 7. The third-order valence-corrected chi connectivity index (χ3v) is 7.05. The van der Waals surface area contributed by atoms with Crippen LogP contribution in [0, 0.1) is 11.7 Å². The summed E-state index contributed by atoms with van der Waals surface area (Å²) in [6, 6.07) is 12.2. The molecule has 1 aromatic heterocycles. The normalized spacial score (nSPS) is 15.9. The lowest BCUT2D eigenvalue weighted by Gasteiger charge is -2.30. The molecule has 0 aliphatic carbocycles. The largest absolute Gasteiger partial charge is 0.334 e. The standard InChI is InChI=1S/C22H25FN4O3S/c1-16-10-13-27(14-11-16)15-12-24-31(28,29)20-5-3-2-4-19(20)22-25-21(26-30-22)17-6-8-18(23)9-7-17/h2-9,16,24H,10-15H2,1H3. The smallest absolute Gasteiger partial charge is 0.259 e. The third-order valence-electron chi connectivity index (χ3n) is 5.53. The van der Waals surface area contributed by atoms with Crippen LogP contribution in [0.1, 0.15) is 19.8 Å². The first-order chi connectivity index (χ1) is 14.9. The molecule has 0 radical (unpaired) electrons. The van der Waals surface area contributed by atoms with E-state index in [0.717, 1.165) is 31.8 Å². The summed E-state index contributed by atoms with van der Waals surface area (Å²) in [5.41, 5.74) is 0.897. The number of halogens is 1. The molecular weight excluding hydrogens is 419 g/mol. The summed E-state index contributed by atoms with van der Waals surface area (Å²) in [5, 5.41) is 3.91. The van der Waals surface area contributed by atoms with E-state index in [4.69, 9.17) is 4.52 Å². The number of benzene rings is 2. The Bertz CT molecular complexity index is 1120. The van der Waals surface area contributed by atoms with Crippen LogP contribution in [0.15, 0.2) is 57.9 Å². The molecule has 0 spiro atoms. The Kier molecular flexibility index (Phi) is 6.45. The van der Waals surface area contributed by atoms with Gasteiger partial charge in [-0.25, -0.2) is 17.5 Å². The molecule has 1 fully saturated rings. The lowest BCUT2D eigenvalue weighted by Crippen LogP contribution is -2.39. The van der Waals surface area contributed by atoms with E-state index in [0.29, 0.717) is 24.2 Å². The first kappa shape index (κ1) is 21.6. The fraction of sp³-hybridized carbons (Fsp3) is 0.364. The van der Waals surface area contributed by atoms with Gasteiger partial charge in [0.05, 0.1) is 10.5 Å². The number of sulfonamides is 1. The van der Waals surface area contributed by atoms with Crippen LogP contribution in [0.4, 0.5) is 4.39 Å². The zero-order valence-electron chi connectivity index (χ0n) is 17.3. The van der Waals surface area contributed by atoms with Crippen molar-refractivity contribution < 1.29 is 17.3 Å². The predicted octanol–water partition coefficient (Wildman–Crippen LogP) is 3.55. The van der Waals surface area contributed by atoms with E-state index < -0.39 is 10.0 Å². The molecule has 0 unspecified atom stereocenters. The molecule has 4 rings (SSSR count). The Morgan fingerprint density at radius 2 is 1.84 bits per heavy atom. The van der Waals surface area contributed by atoms with E-state index >= 15 is 0 Å². The number of nitrogens with zero attached hydrogens (tertiary/aromatic N) is 3. The van der Waals surface area contributed by atoms with Gasteiger partial charge < -0.3 is 9.42 Å². The molecular formula is C22H25FN4O3S. The van der Waals surface area contributed by atoms with Crippen LogP contribution in [0.5, 0.6) is 0 Å². The highest BCUT2D eigenvalue weighted by molar-refractivity contribution is 7.89. The Hall–Kier alpha value is -2.62. The van der Waals surface area contributed by atoms with Crippen molar-refractivity contribution in [3.05, 3.63) is 54.3 Å². The number of hydrogen-bond acceptors (Lipinski definition) is 6. The van der Waals surface area contributed by atoms with Crippen molar-refractivity contribution in [1.29, 1.82) is 0 Å². The fourth-order valence-corrected chi connectivity index (χ4v) is 4.85. The molecule has 1 aliphatic rings. The summed E-state index contributed by atoms with van der Waals surface area (Å²) in [7, 11) is -3.77. The molecule has 31 heavy (non-hydrogen) atoms. The molecule has 0 atom stereocenters. The quantitative estimate of drug-likeness (QED) is 0.600. The topological polar surface area (TPSA) is 88.3 Å². The minimum Gasteiger partial charge on any atom is -0.334 e. The summed E-state index contributed by atoms with van der Waals surface area (Å²) < 4.78 is 47.1. The van der Waals surface area contributed by atoms with Crippen LogP contribution >= 0.6 is 0 Å². The molecule has 9 heteroatoms. The van der Waals surface area contributed by atoms with E-state index in [2.05, 4.69) is 26.7 Å². The molecule has 164 valence electrons. The summed E-state index contributed by atoms with van der Waals surface area (Å²) in [5.74, 6) is 0.711. The number of nitrogens with one attached hydrogen (secondary N) is 1. The van der Waals surface area contributed by atoms with Gasteiger partial charge in [-0.05, 0) is 68.2 Å². The Labute approximate surface area is 181 Å². The van der Waals surface area contributed by atoms with Gasteiger partial charge >= 0.3 is 0 Å². The van der Waals surface area contributed by atoms with Crippen molar-refractivity contribution in [2.24, 2.45) is 5.92 Å². The number of piperidine rings is 1. The minimum atomic E-state index is -3.77.